The van der Waals surface area contributed by atoms with Crippen LogP contribution in [0.4, 0.5) is 0 Å². The van der Waals surface area contributed by atoms with Crippen molar-refractivity contribution >= 4 is 22.1 Å². The first-order valence-electron chi connectivity index (χ1n) is 19.8. The van der Waals surface area contributed by atoms with Crippen molar-refractivity contribution in [3.05, 3.63) is 0 Å². The van der Waals surface area contributed by atoms with E-state index >= 15 is 0 Å². The molecule has 0 aromatic carbocycles. The van der Waals surface area contributed by atoms with Crippen molar-refractivity contribution in [3.8, 4) is 0 Å². The van der Waals surface area contributed by atoms with Gasteiger partial charge in [-0.15, -0.1) is 0 Å². The fraction of sp³-hybridized carbons (Fsp3) is 0.947. The van der Waals surface area contributed by atoms with Crippen LogP contribution in [0, 0.1) is 0 Å². The minimum absolute atomic E-state index is 0.0580. The number of esters is 2. The third-order valence-corrected chi connectivity index (χ3v) is 9.80. The largest absolute Gasteiger partial charge is 0.463 e. The summed E-state index contributed by atoms with van der Waals surface area (Å²) in [6, 6.07) is 0. The van der Waals surface area contributed by atoms with Crippen LogP contribution < -0.4 is 0 Å². The molecule has 0 aliphatic carbocycles. The number of ether oxygens (including phenoxy) is 4. The summed E-state index contributed by atoms with van der Waals surface area (Å²) < 4.78 is 53.8. The molecule has 0 rings (SSSR count). The van der Waals surface area contributed by atoms with Gasteiger partial charge in [-0.05, 0) is 12.8 Å². The lowest BCUT2D eigenvalue weighted by Gasteiger charge is -2.13. The highest BCUT2D eigenvalue weighted by molar-refractivity contribution is 7.87. The van der Waals surface area contributed by atoms with E-state index in [4.69, 9.17) is 18.9 Å². The molecule has 0 amide bonds. The Hall–Kier alpha value is -1.23. The highest BCUT2D eigenvalue weighted by atomic mass is 32.2. The molecule has 0 spiro atoms. The van der Waals surface area contributed by atoms with Crippen LogP contribution in [-0.2, 0) is 38.7 Å². The van der Waals surface area contributed by atoms with Crippen LogP contribution in [0.2, 0.25) is 0 Å². The minimum Gasteiger partial charge on any atom is -0.463 e. The fourth-order valence-corrected chi connectivity index (χ4v) is 6.33. The van der Waals surface area contributed by atoms with Crippen LogP contribution in [0.3, 0.4) is 0 Å². The van der Waals surface area contributed by atoms with E-state index in [-0.39, 0.29) is 26.4 Å². The smallest absolute Gasteiger partial charge is 0.327 e. The van der Waals surface area contributed by atoms with Gasteiger partial charge in [0.2, 0.25) is 0 Å². The van der Waals surface area contributed by atoms with Crippen molar-refractivity contribution in [2.45, 2.75) is 192 Å². The molecule has 0 saturated heterocycles. The lowest BCUT2D eigenvalue weighted by Crippen LogP contribution is -2.35. The highest BCUT2D eigenvalue weighted by Crippen LogP contribution is 2.14. The molecule has 0 saturated carbocycles. The molecule has 1 atom stereocenters. The minimum atomic E-state index is -4.84. The topological polar surface area (TPSA) is 125 Å². The van der Waals surface area contributed by atoms with Gasteiger partial charge < -0.3 is 18.9 Å². The maximum Gasteiger partial charge on any atom is 0.327 e. The zero-order valence-corrected chi connectivity index (χ0v) is 31.8. The number of carbonyl (C=O) groups is 2. The van der Waals surface area contributed by atoms with Crippen molar-refractivity contribution in [2.75, 3.05) is 39.6 Å². The van der Waals surface area contributed by atoms with E-state index in [9.17, 15) is 22.6 Å². The van der Waals surface area contributed by atoms with Crippen molar-refractivity contribution < 1.29 is 41.5 Å². The lowest BCUT2D eigenvalue weighted by atomic mass is 10.0. The first-order chi connectivity index (χ1) is 23.3. The van der Waals surface area contributed by atoms with Gasteiger partial charge in [0.05, 0.1) is 19.6 Å². The fourth-order valence-electron chi connectivity index (χ4n) is 5.68. The van der Waals surface area contributed by atoms with E-state index in [1.54, 1.807) is 0 Å². The summed E-state index contributed by atoms with van der Waals surface area (Å²) in [7, 11) is -4.84. The highest BCUT2D eigenvalue weighted by Gasteiger charge is 2.35. The maximum atomic E-state index is 12.3. The zero-order valence-electron chi connectivity index (χ0n) is 31.0. The molecular weight excluding hydrogens is 632 g/mol. The average Bonchev–Trinajstić information content (AvgIpc) is 3.05. The van der Waals surface area contributed by atoms with Gasteiger partial charge in [-0.3, -0.25) is 14.1 Å². The summed E-state index contributed by atoms with van der Waals surface area (Å²) in [5, 5.41) is -2.03. The lowest BCUT2D eigenvalue weighted by molar-refractivity contribution is -0.151. The van der Waals surface area contributed by atoms with Gasteiger partial charge in [-0.25, -0.2) is 0 Å². The Morgan fingerprint density at radius 3 is 1.10 bits per heavy atom. The van der Waals surface area contributed by atoms with Crippen molar-refractivity contribution in [1.29, 1.82) is 0 Å². The summed E-state index contributed by atoms with van der Waals surface area (Å²) in [5.41, 5.74) is 0. The summed E-state index contributed by atoms with van der Waals surface area (Å²) >= 11 is 0. The molecule has 10 heteroatoms. The van der Waals surface area contributed by atoms with Crippen LogP contribution in [0.1, 0.15) is 187 Å². The van der Waals surface area contributed by atoms with Gasteiger partial charge in [0.1, 0.15) is 13.2 Å². The molecule has 9 nitrogen and oxygen atoms in total. The van der Waals surface area contributed by atoms with Gasteiger partial charge in [0.15, 0.2) is 5.25 Å². The number of rotatable bonds is 38. The number of hydrogen-bond donors (Lipinski definition) is 1. The van der Waals surface area contributed by atoms with Gasteiger partial charge in [-0.2, -0.15) is 8.42 Å². The molecule has 48 heavy (non-hydrogen) atoms. The van der Waals surface area contributed by atoms with Crippen LogP contribution >= 0.6 is 0 Å². The summed E-state index contributed by atoms with van der Waals surface area (Å²) in [6.45, 7) is 5.67. The molecule has 0 radical (unpaired) electrons. The van der Waals surface area contributed by atoms with E-state index in [1.165, 1.54) is 141 Å². The van der Waals surface area contributed by atoms with Crippen molar-refractivity contribution in [1.82, 2.24) is 0 Å². The van der Waals surface area contributed by atoms with E-state index < -0.39 is 33.7 Å². The van der Waals surface area contributed by atoms with Gasteiger partial charge in [-0.1, -0.05) is 168 Å². The SMILES string of the molecule is CCCCCCCCCCCCCCCOCCOC(=O)CC(C(=O)OCCOCCCCCCCCCCCCCCC)S(=O)(=O)O. The number of carbonyl (C=O) groups excluding carboxylic acids is 2. The molecule has 1 N–H and O–H groups in total. The van der Waals surface area contributed by atoms with Gasteiger partial charge in [0.25, 0.3) is 10.1 Å². The molecule has 0 bridgehead atoms. The Kier molecular flexibility index (Phi) is 34.7. The molecule has 0 aliphatic heterocycles. The molecule has 286 valence electrons. The van der Waals surface area contributed by atoms with Gasteiger partial charge in [0, 0.05) is 13.2 Å². The Bertz CT molecular complexity index is 819. The van der Waals surface area contributed by atoms with Crippen molar-refractivity contribution in [3.63, 3.8) is 0 Å². The monoisotopic (exact) mass is 707 g/mol. The van der Waals surface area contributed by atoms with Gasteiger partial charge >= 0.3 is 11.9 Å². The zero-order chi connectivity index (χ0) is 35.4. The Morgan fingerprint density at radius 1 is 0.458 bits per heavy atom. The van der Waals surface area contributed by atoms with Crippen molar-refractivity contribution in [2.24, 2.45) is 0 Å². The number of unbranched alkanes of at least 4 members (excludes halogenated alkanes) is 24. The summed E-state index contributed by atoms with van der Waals surface area (Å²) in [4.78, 5) is 24.4. The maximum absolute atomic E-state index is 12.3. The normalized spacial score (nSPS) is 12.3. The Morgan fingerprint density at radius 2 is 0.771 bits per heavy atom. The van der Waals surface area contributed by atoms with E-state index in [0.717, 1.165) is 25.7 Å². The molecule has 0 aliphatic rings. The van der Waals surface area contributed by atoms with E-state index in [2.05, 4.69) is 13.8 Å². The molecule has 0 fully saturated rings. The van der Waals surface area contributed by atoms with Crippen LogP contribution in [-0.4, -0.2) is 69.8 Å². The van der Waals surface area contributed by atoms with E-state index in [0.29, 0.717) is 13.2 Å². The standard InChI is InChI=1S/C38H74O9S/c1-3-5-7-9-11-13-15-17-19-21-23-25-27-29-44-31-33-46-37(39)35-36(48(41,42)43)38(40)47-34-32-45-30-28-26-24-22-20-18-16-14-12-10-8-6-4-2/h36H,3-35H2,1-2H3,(H,41,42,43). The predicted octanol–water partition coefficient (Wildman–Crippen LogP) is 9.93. The van der Waals surface area contributed by atoms with Crippen LogP contribution in [0.25, 0.3) is 0 Å². The third-order valence-electron chi connectivity index (χ3n) is 8.72. The molecule has 0 aromatic heterocycles. The third kappa shape index (κ3) is 33.3. The van der Waals surface area contributed by atoms with Crippen LogP contribution in [0.5, 0.6) is 0 Å². The average molecular weight is 707 g/mol. The second-order valence-corrected chi connectivity index (χ2v) is 14.9. The second kappa shape index (κ2) is 35.6. The summed E-state index contributed by atoms with van der Waals surface area (Å²) in [6.07, 6.45) is 32.2. The Labute approximate surface area is 295 Å². The Balaban J connectivity index is 3.72. The molecular formula is C38H74O9S. The number of hydrogen-bond acceptors (Lipinski definition) is 8. The van der Waals surface area contributed by atoms with E-state index in [1.807, 2.05) is 0 Å². The quantitative estimate of drug-likeness (QED) is 0.0379. The summed E-state index contributed by atoms with van der Waals surface area (Å²) in [5.74, 6) is -2.12. The molecule has 0 aromatic rings. The molecule has 1 unspecified atom stereocenters. The predicted molar refractivity (Wildman–Crippen MR) is 195 cm³/mol. The molecule has 0 heterocycles. The first-order valence-corrected chi connectivity index (χ1v) is 21.3. The second-order valence-electron chi connectivity index (χ2n) is 13.3. The van der Waals surface area contributed by atoms with Crippen LogP contribution in [0.15, 0.2) is 0 Å². The first kappa shape index (κ1) is 46.8.